The summed E-state index contributed by atoms with van der Waals surface area (Å²) in [7, 11) is 0. The van der Waals surface area contributed by atoms with E-state index >= 15 is 0 Å². The molecule has 0 radical (unpaired) electrons. The molecule has 0 aliphatic carbocycles. The zero-order valence-corrected chi connectivity index (χ0v) is 8.03. The van der Waals surface area contributed by atoms with Gasteiger partial charge in [-0.1, -0.05) is 0 Å². The summed E-state index contributed by atoms with van der Waals surface area (Å²) < 4.78 is 0. The van der Waals surface area contributed by atoms with Crippen LogP contribution in [0.4, 0.5) is 9.59 Å². The van der Waals surface area contributed by atoms with Crippen LogP contribution < -0.4 is 21.3 Å². The molecule has 9 heteroatoms. The number of hydrogen-bond acceptors (Lipinski definition) is 5. The van der Waals surface area contributed by atoms with E-state index in [1.807, 2.05) is 5.32 Å². The number of carbonyl (C=O) groups is 3. The van der Waals surface area contributed by atoms with Gasteiger partial charge in [-0.2, -0.15) is 0 Å². The fraction of sp³-hybridized carbons (Fsp3) is 0.571. The summed E-state index contributed by atoms with van der Waals surface area (Å²) in [4.78, 5) is 34.0. The van der Waals surface area contributed by atoms with Gasteiger partial charge in [0.1, 0.15) is 0 Å². The third-order valence-electron chi connectivity index (χ3n) is 2.80. The van der Waals surface area contributed by atoms with Crippen LogP contribution in [0, 0.1) is 0 Å². The van der Waals surface area contributed by atoms with Gasteiger partial charge in [-0.3, -0.25) is 10.1 Å². The van der Waals surface area contributed by atoms with Gasteiger partial charge in [-0.15, -0.1) is 0 Å². The topological polar surface area (TPSA) is 140 Å². The minimum atomic E-state index is -1.80. The molecule has 5 amide bonds. The molecule has 2 saturated heterocycles. The van der Waals surface area contributed by atoms with Crippen molar-refractivity contribution < 1.29 is 24.6 Å². The van der Waals surface area contributed by atoms with Crippen LogP contribution in [0.1, 0.15) is 0 Å². The van der Waals surface area contributed by atoms with Crippen molar-refractivity contribution >= 4 is 18.0 Å². The largest absolute Gasteiger partial charge is 0.393 e. The van der Waals surface area contributed by atoms with Crippen molar-refractivity contribution in [2.24, 2.45) is 0 Å². The molecular formula is C7H10N4O5. The predicted molar refractivity (Wildman–Crippen MR) is 48.0 cm³/mol. The molecule has 2 unspecified atom stereocenters. The average molecular weight is 230 g/mol. The summed E-state index contributed by atoms with van der Waals surface area (Å²) in [6.45, 7) is -1.50. The minimum absolute atomic E-state index is 0.731. The number of fused-ring (bicyclic) bond motifs is 1. The maximum Gasteiger partial charge on any atom is 0.323 e. The van der Waals surface area contributed by atoms with E-state index in [1.54, 1.807) is 0 Å². The molecule has 2 fully saturated rings. The summed E-state index contributed by atoms with van der Waals surface area (Å²) in [6, 6.07) is -1.62. The van der Waals surface area contributed by atoms with E-state index in [9.17, 15) is 24.6 Å². The van der Waals surface area contributed by atoms with Gasteiger partial charge in [0, 0.05) is 0 Å². The molecule has 16 heavy (non-hydrogen) atoms. The first-order chi connectivity index (χ1) is 7.49. The standard InChI is InChI=1S/C7H10N4O5/c12-1-6-3(14)8-4(15)10-7(6,2-13)11-5(16)9-6/h12-13H,1-2H2,(H2,9,11,16)(H2,8,10,14,15). The second kappa shape index (κ2) is 3.06. The summed E-state index contributed by atoms with van der Waals surface area (Å²) in [5.41, 5.74) is -3.52. The van der Waals surface area contributed by atoms with Crippen LogP contribution in [0.15, 0.2) is 0 Å². The Kier molecular flexibility index (Phi) is 2.03. The maximum atomic E-state index is 11.7. The highest BCUT2D eigenvalue weighted by molar-refractivity contribution is 6.07. The fourth-order valence-electron chi connectivity index (χ4n) is 1.92. The van der Waals surface area contributed by atoms with E-state index in [2.05, 4.69) is 16.0 Å². The Labute approximate surface area is 89.2 Å². The van der Waals surface area contributed by atoms with Gasteiger partial charge >= 0.3 is 12.1 Å². The van der Waals surface area contributed by atoms with Crippen molar-refractivity contribution in [3.63, 3.8) is 0 Å². The quantitative estimate of drug-likeness (QED) is 0.293. The Morgan fingerprint density at radius 3 is 2.12 bits per heavy atom. The van der Waals surface area contributed by atoms with Gasteiger partial charge in [-0.05, 0) is 0 Å². The molecule has 0 saturated carbocycles. The highest BCUT2D eigenvalue weighted by Crippen LogP contribution is 2.27. The second-order valence-corrected chi connectivity index (χ2v) is 3.61. The molecule has 2 atom stereocenters. The number of urea groups is 2. The van der Waals surface area contributed by atoms with Gasteiger partial charge in [0.2, 0.25) is 0 Å². The van der Waals surface area contributed by atoms with Gasteiger partial charge in [0.15, 0.2) is 11.2 Å². The number of aliphatic hydroxyl groups excluding tert-OH is 2. The molecule has 2 rings (SSSR count). The number of imide groups is 1. The van der Waals surface area contributed by atoms with E-state index in [1.165, 1.54) is 0 Å². The molecule has 0 aromatic heterocycles. The molecule has 88 valence electrons. The lowest BCUT2D eigenvalue weighted by molar-refractivity contribution is -0.134. The average Bonchev–Trinajstić information content (AvgIpc) is 2.52. The molecule has 0 bridgehead atoms. The number of hydrogen-bond donors (Lipinski definition) is 6. The molecule has 0 aromatic carbocycles. The monoisotopic (exact) mass is 230 g/mol. The molecule has 9 nitrogen and oxygen atoms in total. The summed E-state index contributed by atoms with van der Waals surface area (Å²) in [5.74, 6) is -0.883. The van der Waals surface area contributed by atoms with Gasteiger partial charge in [0.05, 0.1) is 13.2 Å². The van der Waals surface area contributed by atoms with Gasteiger partial charge in [-0.25, -0.2) is 9.59 Å². The lowest BCUT2D eigenvalue weighted by atomic mass is 9.84. The lowest BCUT2D eigenvalue weighted by Gasteiger charge is -2.43. The fourth-order valence-corrected chi connectivity index (χ4v) is 1.92. The lowest BCUT2D eigenvalue weighted by Crippen LogP contribution is -2.82. The number of amides is 5. The Balaban J connectivity index is 2.52. The van der Waals surface area contributed by atoms with Crippen molar-refractivity contribution in [3.8, 4) is 0 Å². The van der Waals surface area contributed by atoms with Gasteiger partial charge in [0.25, 0.3) is 5.91 Å². The number of nitrogens with one attached hydrogen (secondary N) is 4. The zero-order chi connectivity index (χ0) is 12.0. The first-order valence-corrected chi connectivity index (χ1v) is 4.45. The SMILES string of the molecule is O=C1NC(=O)C2(CO)NC(=O)NC2(CO)N1. The summed E-state index contributed by atoms with van der Waals surface area (Å²) in [5, 5.41) is 27.0. The Hall–Kier alpha value is -1.87. The molecule has 2 aliphatic rings. The smallest absolute Gasteiger partial charge is 0.323 e. The molecule has 2 heterocycles. The molecule has 6 N–H and O–H groups in total. The van der Waals surface area contributed by atoms with Crippen LogP contribution in [0.25, 0.3) is 0 Å². The summed E-state index contributed by atoms with van der Waals surface area (Å²) in [6.07, 6.45) is 0. The van der Waals surface area contributed by atoms with Crippen molar-refractivity contribution in [3.05, 3.63) is 0 Å². The van der Waals surface area contributed by atoms with Crippen molar-refractivity contribution in [2.45, 2.75) is 11.2 Å². The zero-order valence-electron chi connectivity index (χ0n) is 8.03. The predicted octanol–water partition coefficient (Wildman–Crippen LogP) is -3.44. The van der Waals surface area contributed by atoms with E-state index in [0.29, 0.717) is 0 Å². The van der Waals surface area contributed by atoms with Crippen LogP contribution in [0.2, 0.25) is 0 Å². The Morgan fingerprint density at radius 1 is 0.938 bits per heavy atom. The number of carbonyl (C=O) groups excluding carboxylic acids is 3. The highest BCUT2D eigenvalue weighted by atomic mass is 16.3. The van der Waals surface area contributed by atoms with Crippen LogP contribution in [-0.2, 0) is 4.79 Å². The van der Waals surface area contributed by atoms with Crippen molar-refractivity contribution in [1.29, 1.82) is 0 Å². The van der Waals surface area contributed by atoms with Crippen LogP contribution in [0.5, 0.6) is 0 Å². The Morgan fingerprint density at radius 2 is 1.56 bits per heavy atom. The minimum Gasteiger partial charge on any atom is -0.393 e. The first kappa shape index (κ1) is 10.6. The van der Waals surface area contributed by atoms with E-state index < -0.39 is 42.4 Å². The number of aliphatic hydroxyl groups is 2. The normalized spacial score (nSPS) is 37.0. The maximum absolute atomic E-state index is 11.7. The molecular weight excluding hydrogens is 220 g/mol. The van der Waals surface area contributed by atoms with E-state index in [-0.39, 0.29) is 0 Å². The third kappa shape index (κ3) is 1.03. The molecule has 0 spiro atoms. The summed E-state index contributed by atoms with van der Waals surface area (Å²) >= 11 is 0. The molecule has 0 aromatic rings. The molecule has 2 aliphatic heterocycles. The van der Waals surface area contributed by atoms with Gasteiger partial charge < -0.3 is 26.2 Å². The third-order valence-corrected chi connectivity index (χ3v) is 2.80. The van der Waals surface area contributed by atoms with Crippen molar-refractivity contribution in [1.82, 2.24) is 21.3 Å². The van der Waals surface area contributed by atoms with Crippen LogP contribution >= 0.6 is 0 Å². The number of rotatable bonds is 2. The second-order valence-electron chi connectivity index (χ2n) is 3.61. The first-order valence-electron chi connectivity index (χ1n) is 4.45. The van der Waals surface area contributed by atoms with Crippen LogP contribution in [-0.4, -0.2) is 52.6 Å². The van der Waals surface area contributed by atoms with E-state index in [4.69, 9.17) is 0 Å². The highest BCUT2D eigenvalue weighted by Gasteiger charge is 2.66. The van der Waals surface area contributed by atoms with Crippen LogP contribution in [0.3, 0.4) is 0 Å². The Bertz CT molecular complexity index is 385. The van der Waals surface area contributed by atoms with E-state index in [0.717, 1.165) is 0 Å². The van der Waals surface area contributed by atoms with Crippen molar-refractivity contribution in [2.75, 3.05) is 13.2 Å².